The smallest absolute Gasteiger partial charge is 0.341 e. The quantitative estimate of drug-likeness (QED) is 0.924. The lowest BCUT2D eigenvalue weighted by Crippen LogP contribution is -2.23. The second-order valence-corrected chi connectivity index (χ2v) is 5.50. The summed E-state index contributed by atoms with van der Waals surface area (Å²) in [6.07, 6.45) is 3.41. The number of aromatic nitrogens is 2. The molecule has 0 amide bonds. The molecule has 1 N–H and O–H groups in total. The Morgan fingerprint density at radius 1 is 1.43 bits per heavy atom. The van der Waals surface area contributed by atoms with Crippen molar-refractivity contribution in [3.8, 4) is 6.07 Å². The molecule has 0 saturated carbocycles. The zero-order valence-corrected chi connectivity index (χ0v) is 12.7. The fourth-order valence-corrected chi connectivity index (χ4v) is 2.95. The minimum absolute atomic E-state index is 0.172. The number of hydrogen-bond donors (Lipinski definition) is 1. The van der Waals surface area contributed by atoms with Crippen molar-refractivity contribution in [3.05, 3.63) is 33.6 Å². The minimum atomic E-state index is -1.28. The molecule has 3 rings (SSSR count). The van der Waals surface area contributed by atoms with E-state index in [-0.39, 0.29) is 10.9 Å². The van der Waals surface area contributed by atoms with Gasteiger partial charge in [-0.15, -0.1) is 0 Å². The van der Waals surface area contributed by atoms with E-state index in [0.717, 1.165) is 25.9 Å². The number of anilines is 1. The van der Waals surface area contributed by atoms with Crippen molar-refractivity contribution in [1.82, 2.24) is 9.55 Å². The van der Waals surface area contributed by atoms with Crippen LogP contribution in [0.2, 0.25) is 0 Å². The lowest BCUT2D eigenvalue weighted by atomic mass is 10.1. The van der Waals surface area contributed by atoms with Gasteiger partial charge in [-0.1, -0.05) is 0 Å². The van der Waals surface area contributed by atoms with Gasteiger partial charge in [0.1, 0.15) is 23.1 Å². The molecule has 2 aromatic rings. The minimum Gasteiger partial charge on any atom is -0.477 e. The summed E-state index contributed by atoms with van der Waals surface area (Å²) in [5, 5.41) is 18.8. The van der Waals surface area contributed by atoms with E-state index < -0.39 is 11.4 Å². The summed E-state index contributed by atoms with van der Waals surface area (Å²) in [5.41, 5.74) is -0.182. The van der Waals surface area contributed by atoms with Crippen molar-refractivity contribution in [3.63, 3.8) is 0 Å². The first kappa shape index (κ1) is 15.0. The molecular weight excluding hydrogens is 296 g/mol. The van der Waals surface area contributed by atoms with Gasteiger partial charge in [-0.2, -0.15) is 5.26 Å². The first-order valence-corrected chi connectivity index (χ1v) is 7.53. The van der Waals surface area contributed by atoms with Gasteiger partial charge in [-0.3, -0.25) is 4.79 Å². The number of pyridine rings is 2. The van der Waals surface area contributed by atoms with Crippen LogP contribution in [-0.4, -0.2) is 33.7 Å². The summed E-state index contributed by atoms with van der Waals surface area (Å²) in [4.78, 5) is 30.2. The summed E-state index contributed by atoms with van der Waals surface area (Å²) in [6.45, 7) is 3.99. The van der Waals surface area contributed by atoms with E-state index in [1.807, 2.05) is 11.8 Å². The Kier molecular flexibility index (Phi) is 3.74. The maximum absolute atomic E-state index is 12.4. The van der Waals surface area contributed by atoms with Gasteiger partial charge in [0, 0.05) is 25.8 Å². The summed E-state index contributed by atoms with van der Waals surface area (Å²) in [7, 11) is 0. The molecule has 3 heterocycles. The number of hydrogen-bond acceptors (Lipinski definition) is 5. The topological polar surface area (TPSA) is 99.2 Å². The molecule has 0 radical (unpaired) electrons. The molecule has 2 aromatic heterocycles. The molecule has 0 unspecified atom stereocenters. The van der Waals surface area contributed by atoms with Crippen LogP contribution in [0.3, 0.4) is 0 Å². The van der Waals surface area contributed by atoms with Crippen LogP contribution in [-0.2, 0) is 6.54 Å². The Bertz CT molecular complexity index is 889. The number of nitrogens with zero attached hydrogens (tertiary/aromatic N) is 4. The molecule has 0 aliphatic carbocycles. The summed E-state index contributed by atoms with van der Waals surface area (Å²) in [6, 6.07) is 3.55. The Hall–Kier alpha value is -2.88. The van der Waals surface area contributed by atoms with Crippen molar-refractivity contribution in [1.29, 1.82) is 5.26 Å². The molecular formula is C16H16N4O3. The van der Waals surface area contributed by atoms with E-state index in [0.29, 0.717) is 23.6 Å². The van der Waals surface area contributed by atoms with E-state index in [1.165, 1.54) is 12.3 Å². The van der Waals surface area contributed by atoms with Crippen LogP contribution in [0.5, 0.6) is 0 Å². The first-order chi connectivity index (χ1) is 11.1. The number of aryl methyl sites for hydroxylation is 1. The Balaban J connectivity index is 2.35. The average Bonchev–Trinajstić information content (AvgIpc) is 3.08. The number of aromatic carboxylic acids is 1. The largest absolute Gasteiger partial charge is 0.477 e. The lowest BCUT2D eigenvalue weighted by molar-refractivity contribution is 0.0695. The Morgan fingerprint density at radius 3 is 2.70 bits per heavy atom. The normalized spacial score (nSPS) is 14.2. The Morgan fingerprint density at radius 2 is 2.13 bits per heavy atom. The zero-order valence-electron chi connectivity index (χ0n) is 12.7. The van der Waals surface area contributed by atoms with E-state index in [9.17, 15) is 20.0 Å². The Labute approximate surface area is 132 Å². The second kappa shape index (κ2) is 5.72. The zero-order chi connectivity index (χ0) is 16.6. The summed E-state index contributed by atoms with van der Waals surface area (Å²) in [5.74, 6) is -0.705. The monoisotopic (exact) mass is 312 g/mol. The standard InChI is InChI=1S/C16H16N4O3/c1-2-19-9-12(16(22)23)13(21)11-7-10(8-17)14(18-15(11)19)20-5-3-4-6-20/h7,9H,2-6H2,1H3,(H,22,23). The highest BCUT2D eigenvalue weighted by molar-refractivity contribution is 5.92. The molecule has 0 bridgehead atoms. The van der Waals surface area contributed by atoms with Crippen LogP contribution in [0, 0.1) is 11.3 Å². The SMILES string of the molecule is CCn1cc(C(=O)O)c(=O)c2cc(C#N)c(N3CCCC3)nc21. The molecule has 1 aliphatic heterocycles. The van der Waals surface area contributed by atoms with Gasteiger partial charge >= 0.3 is 5.97 Å². The van der Waals surface area contributed by atoms with E-state index in [1.54, 1.807) is 4.57 Å². The predicted molar refractivity (Wildman–Crippen MR) is 84.8 cm³/mol. The fourth-order valence-electron chi connectivity index (χ4n) is 2.95. The van der Waals surface area contributed by atoms with Crippen molar-refractivity contribution >= 4 is 22.8 Å². The van der Waals surface area contributed by atoms with Crippen molar-refractivity contribution in [2.75, 3.05) is 18.0 Å². The third-order valence-corrected chi connectivity index (χ3v) is 4.13. The molecule has 0 spiro atoms. The molecule has 23 heavy (non-hydrogen) atoms. The number of carboxylic acid groups (broad SMARTS) is 1. The van der Waals surface area contributed by atoms with Crippen molar-refractivity contribution in [2.45, 2.75) is 26.3 Å². The third-order valence-electron chi connectivity index (χ3n) is 4.13. The van der Waals surface area contributed by atoms with E-state index in [2.05, 4.69) is 11.1 Å². The highest BCUT2D eigenvalue weighted by atomic mass is 16.4. The van der Waals surface area contributed by atoms with Gasteiger partial charge in [0.2, 0.25) is 5.43 Å². The summed E-state index contributed by atoms with van der Waals surface area (Å²) < 4.78 is 1.64. The maximum Gasteiger partial charge on any atom is 0.341 e. The number of carboxylic acids is 1. The van der Waals surface area contributed by atoms with Gasteiger partial charge in [-0.05, 0) is 25.8 Å². The van der Waals surface area contributed by atoms with Crippen molar-refractivity contribution in [2.24, 2.45) is 0 Å². The lowest BCUT2D eigenvalue weighted by Gasteiger charge is -2.19. The van der Waals surface area contributed by atoms with Crippen LogP contribution in [0.1, 0.15) is 35.7 Å². The number of rotatable bonds is 3. The molecule has 1 aliphatic rings. The van der Waals surface area contributed by atoms with Crippen LogP contribution < -0.4 is 10.3 Å². The van der Waals surface area contributed by atoms with Crippen LogP contribution in [0.25, 0.3) is 11.0 Å². The summed E-state index contributed by atoms with van der Waals surface area (Å²) >= 11 is 0. The maximum atomic E-state index is 12.4. The molecule has 118 valence electrons. The number of nitriles is 1. The first-order valence-electron chi connectivity index (χ1n) is 7.53. The fraction of sp³-hybridized carbons (Fsp3) is 0.375. The van der Waals surface area contributed by atoms with Crippen molar-refractivity contribution < 1.29 is 9.90 Å². The molecule has 0 atom stereocenters. The van der Waals surface area contributed by atoms with Gasteiger partial charge < -0.3 is 14.6 Å². The highest BCUT2D eigenvalue weighted by Crippen LogP contribution is 2.25. The molecule has 0 aromatic carbocycles. The van der Waals surface area contributed by atoms with Gasteiger partial charge in [0.15, 0.2) is 0 Å². The predicted octanol–water partition coefficient (Wildman–Crippen LogP) is 1.59. The van der Waals surface area contributed by atoms with Gasteiger partial charge in [0.25, 0.3) is 0 Å². The number of carbonyl (C=O) groups is 1. The third kappa shape index (κ3) is 2.42. The average molecular weight is 312 g/mol. The van der Waals surface area contributed by atoms with Crippen LogP contribution in [0.4, 0.5) is 5.82 Å². The van der Waals surface area contributed by atoms with E-state index in [4.69, 9.17) is 0 Å². The van der Waals surface area contributed by atoms with Crippen LogP contribution in [0.15, 0.2) is 17.1 Å². The highest BCUT2D eigenvalue weighted by Gasteiger charge is 2.21. The molecule has 1 saturated heterocycles. The van der Waals surface area contributed by atoms with E-state index >= 15 is 0 Å². The second-order valence-electron chi connectivity index (χ2n) is 5.50. The van der Waals surface area contributed by atoms with Gasteiger partial charge in [-0.25, -0.2) is 9.78 Å². The molecule has 1 fully saturated rings. The van der Waals surface area contributed by atoms with Gasteiger partial charge in [0.05, 0.1) is 10.9 Å². The molecule has 7 heteroatoms. The van der Waals surface area contributed by atoms with Crippen LogP contribution >= 0.6 is 0 Å². The molecule has 7 nitrogen and oxygen atoms in total. The number of fused-ring (bicyclic) bond motifs is 1.